The van der Waals surface area contributed by atoms with Gasteiger partial charge in [-0.15, -0.1) is 11.8 Å². The zero-order valence-electron chi connectivity index (χ0n) is 17.8. The highest BCUT2D eigenvalue weighted by atomic mass is 32.2. The van der Waals surface area contributed by atoms with E-state index in [-0.39, 0.29) is 11.6 Å². The molecule has 0 saturated carbocycles. The van der Waals surface area contributed by atoms with Crippen molar-refractivity contribution in [2.75, 3.05) is 31.1 Å². The monoisotopic (exact) mass is 448 g/mol. The topological polar surface area (TPSA) is 79.6 Å². The molecule has 8 heteroatoms. The van der Waals surface area contributed by atoms with Crippen LogP contribution in [0.15, 0.2) is 71.8 Å². The van der Waals surface area contributed by atoms with Crippen LogP contribution in [0.4, 0.5) is 11.5 Å². The molecule has 32 heavy (non-hydrogen) atoms. The number of aryl methyl sites for hydroxylation is 1. The van der Waals surface area contributed by atoms with Crippen LogP contribution in [-0.4, -0.2) is 46.9 Å². The van der Waals surface area contributed by atoms with E-state index in [0.717, 1.165) is 16.9 Å². The second-order valence-electron chi connectivity index (χ2n) is 7.62. The fourth-order valence-corrected chi connectivity index (χ4v) is 4.79. The van der Waals surface area contributed by atoms with Gasteiger partial charge in [-0.2, -0.15) is 0 Å². The molecule has 164 valence electrons. The van der Waals surface area contributed by atoms with E-state index in [1.807, 2.05) is 49.4 Å². The van der Waals surface area contributed by atoms with E-state index in [1.54, 1.807) is 23.2 Å². The highest BCUT2D eigenvalue weighted by molar-refractivity contribution is 7.98. The summed E-state index contributed by atoms with van der Waals surface area (Å²) in [6.45, 7) is 4.48. The maximum Gasteiger partial charge on any atom is 0.283 e. The number of rotatable bonds is 6. The van der Waals surface area contributed by atoms with Gasteiger partial charge in [-0.1, -0.05) is 30.3 Å². The molecule has 3 aromatic rings. The molecule has 4 rings (SSSR count). The van der Waals surface area contributed by atoms with Crippen LogP contribution in [-0.2, 0) is 5.75 Å². The van der Waals surface area contributed by atoms with Gasteiger partial charge in [0, 0.05) is 49.8 Å². The van der Waals surface area contributed by atoms with Crippen LogP contribution in [0.25, 0.3) is 0 Å². The summed E-state index contributed by atoms with van der Waals surface area (Å²) < 4.78 is 0. The minimum atomic E-state index is -0.407. The number of benzene rings is 2. The van der Waals surface area contributed by atoms with Gasteiger partial charge in [0.2, 0.25) is 0 Å². The summed E-state index contributed by atoms with van der Waals surface area (Å²) in [5.41, 5.74) is 2.61. The van der Waals surface area contributed by atoms with Crippen molar-refractivity contribution < 1.29 is 9.72 Å². The van der Waals surface area contributed by atoms with Crippen LogP contribution in [0.2, 0.25) is 0 Å². The van der Waals surface area contributed by atoms with Gasteiger partial charge in [-0.25, -0.2) is 4.98 Å². The fraction of sp³-hybridized carbons (Fsp3) is 0.250. The van der Waals surface area contributed by atoms with Crippen molar-refractivity contribution in [3.8, 4) is 0 Å². The first-order valence-corrected chi connectivity index (χ1v) is 11.4. The second kappa shape index (κ2) is 9.82. The Labute approximate surface area is 191 Å². The van der Waals surface area contributed by atoms with Crippen molar-refractivity contribution in [2.24, 2.45) is 0 Å². The molecule has 2 heterocycles. The van der Waals surface area contributed by atoms with Crippen LogP contribution in [0.5, 0.6) is 0 Å². The minimum Gasteiger partial charge on any atom is -0.353 e. The largest absolute Gasteiger partial charge is 0.353 e. The lowest BCUT2D eigenvalue weighted by Crippen LogP contribution is -2.49. The number of nitro groups is 1. The average Bonchev–Trinajstić information content (AvgIpc) is 2.83. The molecule has 0 atom stereocenters. The van der Waals surface area contributed by atoms with E-state index >= 15 is 0 Å². The van der Waals surface area contributed by atoms with Crippen molar-refractivity contribution in [3.05, 3.63) is 93.7 Å². The normalized spacial score (nSPS) is 13.8. The Morgan fingerprint density at radius 2 is 1.81 bits per heavy atom. The number of thioether (sulfide) groups is 1. The molecule has 0 aliphatic carbocycles. The number of aromatic nitrogens is 1. The van der Waals surface area contributed by atoms with Gasteiger partial charge < -0.3 is 9.80 Å². The number of carbonyl (C=O) groups is 1. The Balaban J connectivity index is 1.44. The number of hydrogen-bond acceptors (Lipinski definition) is 6. The molecule has 2 aromatic carbocycles. The van der Waals surface area contributed by atoms with E-state index in [9.17, 15) is 14.9 Å². The maximum absolute atomic E-state index is 13.0. The third-order valence-electron chi connectivity index (χ3n) is 5.59. The summed E-state index contributed by atoms with van der Waals surface area (Å²) in [4.78, 5) is 33.1. The molecular formula is C24H24N4O3S. The summed E-state index contributed by atoms with van der Waals surface area (Å²) in [7, 11) is 0. The summed E-state index contributed by atoms with van der Waals surface area (Å²) in [6, 6.07) is 18.6. The number of hydrogen-bond donors (Lipinski definition) is 0. The van der Waals surface area contributed by atoms with E-state index < -0.39 is 4.92 Å². The highest BCUT2D eigenvalue weighted by Crippen LogP contribution is 2.33. The summed E-state index contributed by atoms with van der Waals surface area (Å²) >= 11 is 1.42. The Hall–Kier alpha value is -3.39. The van der Waals surface area contributed by atoms with Gasteiger partial charge in [0.1, 0.15) is 5.82 Å². The number of carbonyl (C=O) groups excluding carboxylic acids is 1. The third kappa shape index (κ3) is 4.91. The standard InChI is InChI=1S/C24H24N4O3S/c1-18-6-2-3-7-20(18)17-32-22-10-9-19(16-21(22)28(30)31)24(29)27-14-12-26(13-15-27)23-8-4-5-11-25-23/h2-11,16H,12-15,17H2,1H3. The third-order valence-corrected chi connectivity index (χ3v) is 6.70. The molecular weight excluding hydrogens is 424 g/mol. The highest BCUT2D eigenvalue weighted by Gasteiger charge is 2.25. The average molecular weight is 449 g/mol. The van der Waals surface area contributed by atoms with Crippen LogP contribution in [0.1, 0.15) is 21.5 Å². The Kier molecular flexibility index (Phi) is 6.70. The molecule has 1 saturated heterocycles. The molecule has 0 radical (unpaired) electrons. The molecule has 1 amide bonds. The zero-order chi connectivity index (χ0) is 22.5. The van der Waals surface area contributed by atoms with E-state index in [4.69, 9.17) is 0 Å². The number of nitro benzene ring substituents is 1. The van der Waals surface area contributed by atoms with Gasteiger partial charge in [-0.05, 0) is 42.3 Å². The van der Waals surface area contributed by atoms with Gasteiger partial charge in [0.15, 0.2) is 0 Å². The second-order valence-corrected chi connectivity index (χ2v) is 8.64. The smallest absolute Gasteiger partial charge is 0.283 e. The minimum absolute atomic E-state index is 0.0263. The van der Waals surface area contributed by atoms with Gasteiger partial charge in [0.05, 0.1) is 9.82 Å². The SMILES string of the molecule is Cc1ccccc1CSc1ccc(C(=O)N2CCN(c3ccccn3)CC2)cc1[N+](=O)[O-]. The Morgan fingerprint density at radius 3 is 2.50 bits per heavy atom. The summed E-state index contributed by atoms with van der Waals surface area (Å²) in [6.07, 6.45) is 1.75. The van der Waals surface area contributed by atoms with Gasteiger partial charge in [-0.3, -0.25) is 14.9 Å². The Bertz CT molecular complexity index is 1120. The predicted octanol–water partition coefficient (Wildman–Crippen LogP) is 4.55. The molecule has 7 nitrogen and oxygen atoms in total. The zero-order valence-corrected chi connectivity index (χ0v) is 18.6. The fourth-order valence-electron chi connectivity index (χ4n) is 3.70. The lowest BCUT2D eigenvalue weighted by atomic mass is 10.1. The molecule has 1 fully saturated rings. The first-order chi connectivity index (χ1) is 15.5. The number of nitrogens with zero attached hydrogens (tertiary/aromatic N) is 4. The van der Waals surface area contributed by atoms with Crippen LogP contribution in [0, 0.1) is 17.0 Å². The van der Waals surface area contributed by atoms with Crippen molar-refractivity contribution in [2.45, 2.75) is 17.6 Å². The van der Waals surface area contributed by atoms with Crippen molar-refractivity contribution in [1.82, 2.24) is 9.88 Å². The number of piperazine rings is 1. The van der Waals surface area contributed by atoms with Crippen molar-refractivity contribution in [1.29, 1.82) is 0 Å². The van der Waals surface area contributed by atoms with Crippen LogP contribution >= 0.6 is 11.8 Å². The first kappa shape index (κ1) is 21.8. The van der Waals surface area contributed by atoms with E-state index in [0.29, 0.717) is 42.4 Å². The summed E-state index contributed by atoms with van der Waals surface area (Å²) in [5, 5.41) is 11.7. The molecule has 1 aromatic heterocycles. The lowest BCUT2D eigenvalue weighted by molar-refractivity contribution is -0.387. The van der Waals surface area contributed by atoms with Crippen molar-refractivity contribution >= 4 is 29.2 Å². The first-order valence-electron chi connectivity index (χ1n) is 10.4. The quantitative estimate of drug-likeness (QED) is 0.313. The number of pyridine rings is 1. The molecule has 1 aliphatic heterocycles. The Morgan fingerprint density at radius 1 is 1.06 bits per heavy atom. The number of anilines is 1. The molecule has 0 bridgehead atoms. The van der Waals surface area contributed by atoms with Crippen LogP contribution in [0.3, 0.4) is 0 Å². The summed E-state index contributed by atoms with van der Waals surface area (Å²) in [5.74, 6) is 1.35. The number of amides is 1. The maximum atomic E-state index is 13.0. The molecule has 0 spiro atoms. The molecule has 1 aliphatic rings. The van der Waals surface area contributed by atoms with Gasteiger partial charge in [0.25, 0.3) is 11.6 Å². The predicted molar refractivity (Wildman–Crippen MR) is 126 cm³/mol. The van der Waals surface area contributed by atoms with E-state index in [1.165, 1.54) is 17.8 Å². The van der Waals surface area contributed by atoms with Crippen LogP contribution < -0.4 is 4.90 Å². The molecule has 0 unspecified atom stereocenters. The van der Waals surface area contributed by atoms with Gasteiger partial charge >= 0.3 is 0 Å². The lowest BCUT2D eigenvalue weighted by Gasteiger charge is -2.35. The van der Waals surface area contributed by atoms with Crippen molar-refractivity contribution in [3.63, 3.8) is 0 Å². The van der Waals surface area contributed by atoms with E-state index in [2.05, 4.69) is 9.88 Å². The molecule has 0 N–H and O–H groups in total.